The lowest BCUT2D eigenvalue weighted by Gasteiger charge is -2.18. The monoisotopic (exact) mass is 226 g/mol. The molecule has 1 fully saturated rings. The molecular formula is C13H26N2O. The van der Waals surface area contributed by atoms with Gasteiger partial charge in [-0.25, -0.2) is 0 Å². The summed E-state index contributed by atoms with van der Waals surface area (Å²) in [5.74, 6) is 0.139. The van der Waals surface area contributed by atoms with Gasteiger partial charge in [0.15, 0.2) is 0 Å². The van der Waals surface area contributed by atoms with E-state index in [-0.39, 0.29) is 11.9 Å². The van der Waals surface area contributed by atoms with E-state index in [0.29, 0.717) is 5.41 Å². The van der Waals surface area contributed by atoms with Crippen LogP contribution in [0.25, 0.3) is 0 Å². The van der Waals surface area contributed by atoms with Gasteiger partial charge in [-0.05, 0) is 38.0 Å². The van der Waals surface area contributed by atoms with Crippen LogP contribution in [-0.2, 0) is 4.79 Å². The van der Waals surface area contributed by atoms with Gasteiger partial charge in [0.2, 0.25) is 5.91 Å². The molecule has 1 aliphatic rings. The first-order chi connectivity index (χ1) is 7.63. The van der Waals surface area contributed by atoms with Gasteiger partial charge in [0.25, 0.3) is 0 Å². The first kappa shape index (κ1) is 13.5. The van der Waals surface area contributed by atoms with E-state index in [1.165, 1.54) is 19.3 Å². The van der Waals surface area contributed by atoms with Gasteiger partial charge in [0.05, 0.1) is 6.04 Å². The van der Waals surface area contributed by atoms with Gasteiger partial charge in [-0.1, -0.05) is 20.3 Å². The van der Waals surface area contributed by atoms with Crippen LogP contribution in [0.15, 0.2) is 0 Å². The Kier molecular flexibility index (Phi) is 5.26. The SMILES string of the molecule is CCCCNC(=O)C(C)NCC1(CC)CC1. The molecule has 1 atom stereocenters. The third-order valence-corrected chi connectivity index (χ3v) is 3.71. The third-order valence-electron chi connectivity index (χ3n) is 3.71. The molecule has 1 unspecified atom stereocenters. The summed E-state index contributed by atoms with van der Waals surface area (Å²) in [6, 6.07) is -0.0547. The van der Waals surface area contributed by atoms with Crippen LogP contribution in [0, 0.1) is 5.41 Å². The molecule has 3 nitrogen and oxygen atoms in total. The van der Waals surface area contributed by atoms with E-state index in [4.69, 9.17) is 0 Å². The number of carbonyl (C=O) groups is 1. The average molecular weight is 226 g/mol. The van der Waals surface area contributed by atoms with E-state index in [2.05, 4.69) is 24.5 Å². The fourth-order valence-electron chi connectivity index (χ4n) is 1.84. The highest BCUT2D eigenvalue weighted by molar-refractivity contribution is 5.81. The lowest BCUT2D eigenvalue weighted by Crippen LogP contribution is -2.44. The number of hydrogen-bond donors (Lipinski definition) is 2. The second-order valence-corrected chi connectivity index (χ2v) is 5.10. The Morgan fingerprint density at radius 1 is 1.38 bits per heavy atom. The fraction of sp³-hybridized carbons (Fsp3) is 0.923. The van der Waals surface area contributed by atoms with Crippen molar-refractivity contribution < 1.29 is 4.79 Å². The number of amides is 1. The van der Waals surface area contributed by atoms with E-state index in [9.17, 15) is 4.79 Å². The van der Waals surface area contributed by atoms with Gasteiger partial charge in [0.1, 0.15) is 0 Å². The summed E-state index contributed by atoms with van der Waals surface area (Å²) in [5.41, 5.74) is 0.512. The van der Waals surface area contributed by atoms with Crippen LogP contribution in [0.1, 0.15) is 52.9 Å². The molecule has 1 rings (SSSR count). The molecule has 0 aromatic carbocycles. The molecule has 0 aromatic heterocycles. The van der Waals surface area contributed by atoms with Gasteiger partial charge < -0.3 is 10.6 Å². The maximum absolute atomic E-state index is 11.7. The van der Waals surface area contributed by atoms with E-state index in [0.717, 1.165) is 25.9 Å². The second-order valence-electron chi connectivity index (χ2n) is 5.10. The Bertz CT molecular complexity index is 224. The van der Waals surface area contributed by atoms with Crippen LogP contribution in [0.3, 0.4) is 0 Å². The van der Waals surface area contributed by atoms with Crippen molar-refractivity contribution in [2.75, 3.05) is 13.1 Å². The number of carbonyl (C=O) groups excluding carboxylic acids is 1. The van der Waals surface area contributed by atoms with Crippen LogP contribution in [0.4, 0.5) is 0 Å². The van der Waals surface area contributed by atoms with Crippen LogP contribution >= 0.6 is 0 Å². The van der Waals surface area contributed by atoms with Gasteiger partial charge in [0, 0.05) is 13.1 Å². The summed E-state index contributed by atoms with van der Waals surface area (Å²) in [4.78, 5) is 11.7. The molecule has 0 heterocycles. The molecule has 0 aliphatic heterocycles. The van der Waals surface area contributed by atoms with Crippen molar-refractivity contribution in [1.29, 1.82) is 0 Å². The molecule has 16 heavy (non-hydrogen) atoms. The molecule has 3 heteroatoms. The summed E-state index contributed by atoms with van der Waals surface area (Å²) in [6.45, 7) is 8.12. The molecule has 94 valence electrons. The summed E-state index contributed by atoms with van der Waals surface area (Å²) >= 11 is 0. The molecule has 0 bridgehead atoms. The lowest BCUT2D eigenvalue weighted by molar-refractivity contribution is -0.122. The summed E-state index contributed by atoms with van der Waals surface area (Å²) in [7, 11) is 0. The quantitative estimate of drug-likeness (QED) is 0.622. The highest BCUT2D eigenvalue weighted by Gasteiger charge is 2.40. The highest BCUT2D eigenvalue weighted by atomic mass is 16.2. The van der Waals surface area contributed by atoms with Crippen molar-refractivity contribution in [3.05, 3.63) is 0 Å². The minimum absolute atomic E-state index is 0.0547. The highest BCUT2D eigenvalue weighted by Crippen LogP contribution is 2.47. The first-order valence-corrected chi connectivity index (χ1v) is 6.64. The van der Waals surface area contributed by atoms with Crippen LogP contribution in [0.5, 0.6) is 0 Å². The standard InChI is InChI=1S/C13H26N2O/c1-4-6-9-14-12(16)11(3)15-10-13(5-2)7-8-13/h11,15H,4-10H2,1-3H3,(H,14,16). The normalized spacial score (nSPS) is 19.2. The minimum Gasteiger partial charge on any atom is -0.355 e. The van der Waals surface area contributed by atoms with E-state index in [1.807, 2.05) is 6.92 Å². The Balaban J connectivity index is 2.13. The molecule has 1 aliphatic carbocycles. The fourth-order valence-corrected chi connectivity index (χ4v) is 1.84. The van der Waals surface area contributed by atoms with Crippen molar-refractivity contribution in [2.24, 2.45) is 5.41 Å². The zero-order valence-corrected chi connectivity index (χ0v) is 10.9. The van der Waals surface area contributed by atoms with E-state index in [1.54, 1.807) is 0 Å². The van der Waals surface area contributed by atoms with Crippen molar-refractivity contribution in [1.82, 2.24) is 10.6 Å². The third kappa shape index (κ3) is 4.12. The van der Waals surface area contributed by atoms with Gasteiger partial charge in [-0.3, -0.25) is 4.79 Å². The molecule has 0 spiro atoms. The van der Waals surface area contributed by atoms with Gasteiger partial charge in [-0.15, -0.1) is 0 Å². The number of hydrogen-bond acceptors (Lipinski definition) is 2. The zero-order chi connectivity index (χ0) is 12.0. The predicted molar refractivity (Wildman–Crippen MR) is 67.3 cm³/mol. The molecule has 0 radical (unpaired) electrons. The smallest absolute Gasteiger partial charge is 0.236 e. The minimum atomic E-state index is -0.0547. The molecule has 0 aromatic rings. The Morgan fingerprint density at radius 3 is 2.56 bits per heavy atom. The number of rotatable bonds is 8. The first-order valence-electron chi connectivity index (χ1n) is 6.64. The molecule has 1 saturated carbocycles. The van der Waals surface area contributed by atoms with Crippen LogP contribution in [0.2, 0.25) is 0 Å². The maximum atomic E-state index is 11.7. The van der Waals surface area contributed by atoms with Crippen molar-refractivity contribution >= 4 is 5.91 Å². The summed E-state index contributed by atoms with van der Waals surface area (Å²) in [5, 5.41) is 6.31. The largest absolute Gasteiger partial charge is 0.355 e. The molecule has 1 amide bonds. The van der Waals surface area contributed by atoms with Gasteiger partial charge in [-0.2, -0.15) is 0 Å². The topological polar surface area (TPSA) is 41.1 Å². The summed E-state index contributed by atoms with van der Waals surface area (Å²) < 4.78 is 0. The molecule has 2 N–H and O–H groups in total. The Labute approximate surface area is 99.4 Å². The Morgan fingerprint density at radius 2 is 2.06 bits per heavy atom. The average Bonchev–Trinajstić information content (AvgIpc) is 3.07. The van der Waals surface area contributed by atoms with Gasteiger partial charge >= 0.3 is 0 Å². The molecule has 0 saturated heterocycles. The summed E-state index contributed by atoms with van der Waals surface area (Å²) in [6.07, 6.45) is 6.06. The zero-order valence-electron chi connectivity index (χ0n) is 10.9. The maximum Gasteiger partial charge on any atom is 0.236 e. The predicted octanol–water partition coefficient (Wildman–Crippen LogP) is 2.07. The van der Waals surface area contributed by atoms with Crippen molar-refractivity contribution in [3.63, 3.8) is 0 Å². The number of nitrogens with one attached hydrogen (secondary N) is 2. The molecular weight excluding hydrogens is 200 g/mol. The number of unbranched alkanes of at least 4 members (excludes halogenated alkanes) is 1. The van der Waals surface area contributed by atoms with Crippen LogP contribution < -0.4 is 10.6 Å². The van der Waals surface area contributed by atoms with Crippen molar-refractivity contribution in [2.45, 2.75) is 58.9 Å². The second kappa shape index (κ2) is 6.24. The Hall–Kier alpha value is -0.570. The van der Waals surface area contributed by atoms with E-state index >= 15 is 0 Å². The van der Waals surface area contributed by atoms with Crippen molar-refractivity contribution in [3.8, 4) is 0 Å². The van der Waals surface area contributed by atoms with Crippen LogP contribution in [-0.4, -0.2) is 25.0 Å². The van der Waals surface area contributed by atoms with E-state index < -0.39 is 0 Å². The lowest BCUT2D eigenvalue weighted by atomic mass is 10.0.